The second-order valence-corrected chi connectivity index (χ2v) is 13.0. The summed E-state index contributed by atoms with van der Waals surface area (Å²) in [4.78, 5) is 0. The summed E-state index contributed by atoms with van der Waals surface area (Å²) < 4.78 is 0. The highest BCUT2D eigenvalue weighted by molar-refractivity contribution is 7.95. The van der Waals surface area contributed by atoms with Crippen LogP contribution in [0.5, 0.6) is 0 Å². The maximum Gasteiger partial charge on any atom is 0.116 e. The van der Waals surface area contributed by atoms with E-state index in [1.54, 1.807) is 0 Å². The Morgan fingerprint density at radius 2 is 1.06 bits per heavy atom. The molecule has 0 N–H and O–H groups in total. The van der Waals surface area contributed by atoms with Crippen molar-refractivity contribution < 1.29 is 12.4 Å². The first-order valence-corrected chi connectivity index (χ1v) is 14.5. The molecule has 5 aromatic rings. The van der Waals surface area contributed by atoms with Crippen molar-refractivity contribution in [2.24, 2.45) is 0 Å². The fourth-order valence-electron chi connectivity index (χ4n) is 4.82. The highest BCUT2D eigenvalue weighted by Crippen LogP contribution is 2.59. The van der Waals surface area contributed by atoms with Gasteiger partial charge in [0.1, 0.15) is 23.2 Å². The van der Waals surface area contributed by atoms with E-state index in [9.17, 15) is 0 Å². The van der Waals surface area contributed by atoms with Crippen molar-refractivity contribution in [1.29, 1.82) is 0 Å². The third-order valence-corrected chi connectivity index (χ3v) is 11.5. The zero-order valence-electron chi connectivity index (χ0n) is 19.7. The minimum absolute atomic E-state index is 0. The van der Waals surface area contributed by atoms with Gasteiger partial charge in [-0.1, -0.05) is 114 Å². The molecular weight excluding hydrogens is 522 g/mol. The number of benzene rings is 5. The Morgan fingerprint density at radius 3 is 1.64 bits per heavy atom. The van der Waals surface area contributed by atoms with Gasteiger partial charge in [-0.2, -0.15) is 0 Å². The predicted octanol–water partition coefficient (Wildman–Crippen LogP) is 5.08. The lowest BCUT2D eigenvalue weighted by atomic mass is 10.1. The quantitative estimate of drug-likeness (QED) is 0.249. The molecule has 0 radical (unpaired) electrons. The van der Waals surface area contributed by atoms with Gasteiger partial charge >= 0.3 is 0 Å². The molecule has 0 aliphatic carbocycles. The van der Waals surface area contributed by atoms with E-state index in [1.165, 1.54) is 27.0 Å². The smallest absolute Gasteiger partial charge is 0.116 e. The molecule has 5 aromatic carbocycles. The summed E-state index contributed by atoms with van der Waals surface area (Å²) in [5.74, 6) is 0. The number of rotatable bonds is 7. The van der Waals surface area contributed by atoms with E-state index in [0.29, 0.717) is 10.0 Å². The van der Waals surface area contributed by atoms with E-state index in [4.69, 9.17) is 23.2 Å². The van der Waals surface area contributed by atoms with Gasteiger partial charge in [-0.15, -0.1) is 0 Å². The van der Waals surface area contributed by atoms with Crippen LogP contribution in [0.4, 0.5) is 0 Å². The van der Waals surface area contributed by atoms with Crippen LogP contribution in [-0.4, -0.2) is 0 Å². The molecule has 36 heavy (non-hydrogen) atoms. The number of hydrogen-bond acceptors (Lipinski definition) is 0. The van der Waals surface area contributed by atoms with Crippen LogP contribution >= 0.6 is 30.5 Å². The number of hydrogen-bond donors (Lipinski definition) is 0. The van der Waals surface area contributed by atoms with Gasteiger partial charge in [0.05, 0.1) is 6.16 Å². The molecule has 180 valence electrons. The first kappa shape index (κ1) is 26.5. The zero-order valence-corrected chi connectivity index (χ0v) is 22.9. The molecule has 0 unspecified atom stereocenters. The minimum Gasteiger partial charge on any atom is -1.00 e. The summed E-state index contributed by atoms with van der Waals surface area (Å²) in [5.41, 5.74) is 3.73. The van der Waals surface area contributed by atoms with E-state index < -0.39 is 7.26 Å². The van der Waals surface area contributed by atoms with E-state index in [0.717, 1.165) is 18.1 Å². The van der Waals surface area contributed by atoms with Crippen LogP contribution in [0, 0.1) is 0 Å². The van der Waals surface area contributed by atoms with Crippen LogP contribution in [0.25, 0.3) is 0 Å². The Labute approximate surface area is 230 Å². The molecule has 0 bridgehead atoms. The lowest BCUT2D eigenvalue weighted by molar-refractivity contribution is -0.00000661. The molecule has 5 rings (SSSR count). The second-order valence-electron chi connectivity index (χ2n) is 8.67. The van der Waals surface area contributed by atoms with Crippen molar-refractivity contribution >= 4 is 46.4 Å². The molecule has 0 saturated heterocycles. The molecule has 0 fully saturated rings. The molecule has 0 amide bonds. The van der Waals surface area contributed by atoms with Crippen molar-refractivity contribution in [3.8, 4) is 0 Å². The predicted molar refractivity (Wildman–Crippen MR) is 155 cm³/mol. The van der Waals surface area contributed by atoms with E-state index in [2.05, 4.69) is 115 Å². The maximum atomic E-state index is 6.63. The van der Waals surface area contributed by atoms with Crippen LogP contribution in [0.2, 0.25) is 10.0 Å². The standard InChI is InChI=1S/C32H26Cl2P.ClH/c33-28-21-20-26(31(34)23-28)22-27-14-10-11-19-32(27)35(29-15-6-2-7-16-29,30-17-8-3-9-18-30)24-25-12-4-1-5-13-25;/h1-21,23H,22,24H2;1H/q+1;/p-1. The summed E-state index contributed by atoms with van der Waals surface area (Å²) in [7, 11) is -2.04. The fraction of sp³-hybridized carbons (Fsp3) is 0.0625. The van der Waals surface area contributed by atoms with Crippen molar-refractivity contribution in [3.63, 3.8) is 0 Å². The second kappa shape index (κ2) is 12.1. The lowest BCUT2D eigenvalue weighted by Gasteiger charge is -2.29. The number of halogens is 3. The first-order chi connectivity index (χ1) is 17.2. The lowest BCUT2D eigenvalue weighted by Crippen LogP contribution is -3.00. The summed E-state index contributed by atoms with van der Waals surface area (Å²) >= 11 is 12.8. The van der Waals surface area contributed by atoms with Gasteiger partial charge in [0, 0.05) is 16.5 Å². The van der Waals surface area contributed by atoms with E-state index >= 15 is 0 Å². The third-order valence-electron chi connectivity index (χ3n) is 6.46. The topological polar surface area (TPSA) is 0 Å². The normalized spacial score (nSPS) is 11.1. The summed E-state index contributed by atoms with van der Waals surface area (Å²) in [6.07, 6.45) is 1.70. The maximum absolute atomic E-state index is 6.63. The summed E-state index contributed by atoms with van der Waals surface area (Å²) in [5, 5.41) is 5.52. The zero-order chi connectivity index (χ0) is 24.1. The Hall–Kier alpha value is -2.60. The molecule has 4 heteroatoms. The van der Waals surface area contributed by atoms with Crippen LogP contribution < -0.4 is 28.3 Å². The van der Waals surface area contributed by atoms with Gasteiger partial charge in [-0.3, -0.25) is 0 Å². The third kappa shape index (κ3) is 5.54. The monoisotopic (exact) mass is 546 g/mol. The van der Waals surface area contributed by atoms with Crippen LogP contribution in [-0.2, 0) is 12.6 Å². The Kier molecular flexibility index (Phi) is 8.89. The van der Waals surface area contributed by atoms with Gasteiger partial charge in [0.15, 0.2) is 0 Å². The molecule has 0 heterocycles. The Balaban J connectivity index is 0.00000304. The average molecular weight is 548 g/mol. The minimum atomic E-state index is -2.04. The van der Waals surface area contributed by atoms with Gasteiger partial charge in [0.25, 0.3) is 0 Å². The van der Waals surface area contributed by atoms with Crippen molar-refractivity contribution in [3.05, 3.63) is 160 Å². The molecule has 0 aromatic heterocycles. The van der Waals surface area contributed by atoms with Crippen LogP contribution in [0.3, 0.4) is 0 Å². The largest absolute Gasteiger partial charge is 1.00 e. The SMILES string of the molecule is Clc1ccc(Cc2ccccc2[P+](Cc2ccccc2)(c2ccccc2)c2ccccc2)c(Cl)c1.[Cl-]. The van der Waals surface area contributed by atoms with Crippen LogP contribution in [0.1, 0.15) is 16.7 Å². The molecule has 0 atom stereocenters. The molecular formula is C32H26Cl3P. The molecule has 0 aliphatic rings. The summed E-state index contributed by atoms with van der Waals surface area (Å²) in [6.45, 7) is 0. The van der Waals surface area contributed by atoms with Gasteiger partial charge in [-0.25, -0.2) is 0 Å². The average Bonchev–Trinajstić information content (AvgIpc) is 2.91. The Bertz CT molecular complexity index is 1360. The van der Waals surface area contributed by atoms with Crippen molar-refractivity contribution in [1.82, 2.24) is 0 Å². The van der Waals surface area contributed by atoms with E-state index in [-0.39, 0.29) is 12.4 Å². The fourth-order valence-corrected chi connectivity index (χ4v) is 9.79. The highest BCUT2D eigenvalue weighted by Gasteiger charge is 2.46. The first-order valence-electron chi connectivity index (χ1n) is 11.7. The van der Waals surface area contributed by atoms with Crippen molar-refractivity contribution in [2.75, 3.05) is 0 Å². The van der Waals surface area contributed by atoms with Crippen LogP contribution in [0.15, 0.2) is 133 Å². The molecule has 0 aliphatic heterocycles. The molecule has 0 spiro atoms. The molecule has 0 saturated carbocycles. The van der Waals surface area contributed by atoms with Crippen molar-refractivity contribution in [2.45, 2.75) is 12.6 Å². The van der Waals surface area contributed by atoms with E-state index in [1.807, 2.05) is 18.2 Å². The van der Waals surface area contributed by atoms with Gasteiger partial charge in [0.2, 0.25) is 0 Å². The summed E-state index contributed by atoms with van der Waals surface area (Å²) in [6, 6.07) is 47.6. The highest BCUT2D eigenvalue weighted by atomic mass is 35.5. The molecule has 0 nitrogen and oxygen atoms in total. The van der Waals surface area contributed by atoms with Gasteiger partial charge in [-0.05, 0) is 59.2 Å². The van der Waals surface area contributed by atoms with Gasteiger partial charge < -0.3 is 12.4 Å². The Morgan fingerprint density at radius 1 is 0.528 bits per heavy atom.